The predicted molar refractivity (Wildman–Crippen MR) is 82.4 cm³/mol. The Morgan fingerprint density at radius 1 is 1.20 bits per heavy atom. The lowest BCUT2D eigenvalue weighted by atomic mass is 10.0. The molecule has 4 nitrogen and oxygen atoms in total. The fourth-order valence-corrected chi connectivity index (χ4v) is 3.13. The highest BCUT2D eigenvalue weighted by molar-refractivity contribution is 9.10. The Bertz CT molecular complexity index is 459. The van der Waals surface area contributed by atoms with Crippen LogP contribution in [0.1, 0.15) is 31.2 Å². The number of hydrogen-bond acceptors (Lipinski definition) is 4. The van der Waals surface area contributed by atoms with Crippen LogP contribution < -0.4 is 14.8 Å². The summed E-state index contributed by atoms with van der Waals surface area (Å²) in [6, 6.07) is 3.86. The van der Waals surface area contributed by atoms with Crippen molar-refractivity contribution in [3.05, 3.63) is 22.2 Å². The van der Waals surface area contributed by atoms with Crippen molar-refractivity contribution >= 4 is 15.9 Å². The molecule has 0 amide bonds. The zero-order valence-corrected chi connectivity index (χ0v) is 13.6. The molecule has 1 aliphatic rings. The van der Waals surface area contributed by atoms with Crippen LogP contribution in [0, 0.1) is 0 Å². The van der Waals surface area contributed by atoms with E-state index in [4.69, 9.17) is 9.47 Å². The molecule has 1 fully saturated rings. The summed E-state index contributed by atoms with van der Waals surface area (Å²) >= 11 is 3.54. The van der Waals surface area contributed by atoms with Gasteiger partial charge in [-0.25, -0.2) is 0 Å². The highest BCUT2D eigenvalue weighted by Gasteiger charge is 2.30. The van der Waals surface area contributed by atoms with Gasteiger partial charge in [0.05, 0.1) is 19.8 Å². The first kappa shape index (κ1) is 15.6. The molecule has 2 rings (SSSR count). The third kappa shape index (κ3) is 3.65. The molecule has 1 aromatic carbocycles. The zero-order chi connectivity index (χ0) is 14.6. The van der Waals surface area contributed by atoms with Gasteiger partial charge in [0.15, 0.2) is 11.5 Å². The first-order valence-corrected chi connectivity index (χ1v) is 7.71. The number of ether oxygens (including phenoxy) is 2. The summed E-state index contributed by atoms with van der Waals surface area (Å²) in [7, 11) is 3.25. The van der Waals surface area contributed by atoms with Crippen molar-refractivity contribution in [3.8, 4) is 11.5 Å². The third-order valence-electron chi connectivity index (χ3n) is 3.86. The normalized spacial score (nSPS) is 17.2. The number of nitrogens with one attached hydrogen (secondary N) is 1. The maximum atomic E-state index is 10.3. The van der Waals surface area contributed by atoms with E-state index in [-0.39, 0.29) is 0 Å². The van der Waals surface area contributed by atoms with Gasteiger partial charge in [-0.2, -0.15) is 0 Å². The molecule has 0 bridgehead atoms. The highest BCUT2D eigenvalue weighted by atomic mass is 79.9. The maximum absolute atomic E-state index is 10.3. The lowest BCUT2D eigenvalue weighted by molar-refractivity contribution is 0.0474. The van der Waals surface area contributed by atoms with Crippen molar-refractivity contribution in [3.63, 3.8) is 0 Å². The molecule has 0 unspecified atom stereocenters. The molecule has 112 valence electrons. The van der Waals surface area contributed by atoms with Crippen LogP contribution in [0.25, 0.3) is 0 Å². The summed E-state index contributed by atoms with van der Waals surface area (Å²) in [6.07, 6.45) is 4.04. The van der Waals surface area contributed by atoms with Gasteiger partial charge >= 0.3 is 0 Å². The second-order valence-corrected chi connectivity index (χ2v) is 6.19. The molecule has 2 N–H and O–H groups in total. The topological polar surface area (TPSA) is 50.7 Å². The van der Waals surface area contributed by atoms with Crippen LogP contribution in [0.15, 0.2) is 16.6 Å². The average Bonchev–Trinajstić information content (AvgIpc) is 2.87. The lowest BCUT2D eigenvalue weighted by Crippen LogP contribution is -2.37. The number of aliphatic hydroxyl groups is 1. The first-order chi connectivity index (χ1) is 9.58. The monoisotopic (exact) mass is 343 g/mol. The van der Waals surface area contributed by atoms with Crippen molar-refractivity contribution in [1.29, 1.82) is 0 Å². The fraction of sp³-hybridized carbons (Fsp3) is 0.600. The van der Waals surface area contributed by atoms with Crippen LogP contribution >= 0.6 is 15.9 Å². The maximum Gasteiger partial charge on any atom is 0.161 e. The van der Waals surface area contributed by atoms with Crippen molar-refractivity contribution in [2.45, 2.75) is 37.8 Å². The molecular formula is C15H22BrNO3. The quantitative estimate of drug-likeness (QED) is 0.833. The Hall–Kier alpha value is -0.780. The smallest absolute Gasteiger partial charge is 0.161 e. The van der Waals surface area contributed by atoms with Gasteiger partial charge in [-0.15, -0.1) is 0 Å². The lowest BCUT2D eigenvalue weighted by Gasteiger charge is -2.22. The van der Waals surface area contributed by atoms with E-state index in [0.717, 1.165) is 35.7 Å². The van der Waals surface area contributed by atoms with E-state index in [2.05, 4.69) is 21.2 Å². The molecule has 1 aromatic rings. The van der Waals surface area contributed by atoms with Gasteiger partial charge in [0, 0.05) is 17.6 Å². The summed E-state index contributed by atoms with van der Waals surface area (Å²) in [5, 5.41) is 13.6. The highest BCUT2D eigenvalue weighted by Crippen LogP contribution is 2.33. The van der Waals surface area contributed by atoms with E-state index in [0.29, 0.717) is 24.6 Å². The average molecular weight is 344 g/mol. The van der Waals surface area contributed by atoms with Crippen molar-refractivity contribution in [1.82, 2.24) is 5.32 Å². The Balaban J connectivity index is 1.98. The molecule has 5 heteroatoms. The standard InChI is InChI=1S/C15H22BrNO3/c1-19-13-7-11(12(16)8-14(13)20-2)9-17-10-15(18)5-3-4-6-15/h7-8,17-18H,3-6,9-10H2,1-2H3. The number of halogens is 1. The molecule has 0 spiro atoms. The van der Waals surface area contributed by atoms with Gasteiger partial charge in [-0.1, -0.05) is 28.8 Å². The van der Waals surface area contributed by atoms with Gasteiger partial charge in [-0.3, -0.25) is 0 Å². The van der Waals surface area contributed by atoms with E-state index < -0.39 is 5.60 Å². The van der Waals surface area contributed by atoms with Gasteiger partial charge in [0.2, 0.25) is 0 Å². The Kier molecular flexibility index (Phi) is 5.29. The van der Waals surface area contributed by atoms with Crippen molar-refractivity contribution in [2.24, 2.45) is 0 Å². The minimum Gasteiger partial charge on any atom is -0.493 e. The largest absolute Gasteiger partial charge is 0.493 e. The number of hydrogen-bond donors (Lipinski definition) is 2. The van der Waals surface area contributed by atoms with Crippen LogP contribution in [0.4, 0.5) is 0 Å². The summed E-state index contributed by atoms with van der Waals surface area (Å²) in [5.74, 6) is 1.42. The van der Waals surface area contributed by atoms with Crippen LogP contribution in [0.3, 0.4) is 0 Å². The first-order valence-electron chi connectivity index (χ1n) is 6.91. The molecule has 0 saturated heterocycles. The Labute approximate surface area is 128 Å². The molecular weight excluding hydrogens is 322 g/mol. The molecule has 0 radical (unpaired) electrons. The van der Waals surface area contributed by atoms with Gasteiger partial charge in [-0.05, 0) is 30.5 Å². The molecule has 0 aliphatic heterocycles. The van der Waals surface area contributed by atoms with E-state index in [1.807, 2.05) is 12.1 Å². The molecule has 0 aromatic heterocycles. The molecule has 1 saturated carbocycles. The summed E-state index contributed by atoms with van der Waals surface area (Å²) in [6.45, 7) is 1.32. The second kappa shape index (κ2) is 6.78. The van der Waals surface area contributed by atoms with Gasteiger partial charge < -0.3 is 19.9 Å². The Morgan fingerprint density at radius 3 is 2.40 bits per heavy atom. The molecule has 20 heavy (non-hydrogen) atoms. The van der Waals surface area contributed by atoms with E-state index in [1.54, 1.807) is 14.2 Å². The molecule has 0 heterocycles. The van der Waals surface area contributed by atoms with Crippen LogP contribution in [-0.4, -0.2) is 31.5 Å². The van der Waals surface area contributed by atoms with Crippen LogP contribution in [0.2, 0.25) is 0 Å². The SMILES string of the molecule is COc1cc(Br)c(CNCC2(O)CCCC2)cc1OC. The van der Waals surface area contributed by atoms with E-state index >= 15 is 0 Å². The molecule has 1 aliphatic carbocycles. The molecule has 0 atom stereocenters. The summed E-state index contributed by atoms with van der Waals surface area (Å²) < 4.78 is 11.5. The number of rotatable bonds is 6. The Morgan fingerprint density at radius 2 is 1.80 bits per heavy atom. The van der Waals surface area contributed by atoms with Crippen LogP contribution in [-0.2, 0) is 6.54 Å². The van der Waals surface area contributed by atoms with Crippen molar-refractivity contribution < 1.29 is 14.6 Å². The number of methoxy groups -OCH3 is 2. The predicted octanol–water partition coefficient (Wildman–Crippen LogP) is 2.86. The fourth-order valence-electron chi connectivity index (χ4n) is 2.67. The van der Waals surface area contributed by atoms with Gasteiger partial charge in [0.25, 0.3) is 0 Å². The minimum absolute atomic E-state index is 0.525. The van der Waals surface area contributed by atoms with Crippen LogP contribution in [0.5, 0.6) is 11.5 Å². The minimum atomic E-state index is -0.525. The van der Waals surface area contributed by atoms with E-state index in [1.165, 1.54) is 0 Å². The van der Waals surface area contributed by atoms with Crippen molar-refractivity contribution in [2.75, 3.05) is 20.8 Å². The van der Waals surface area contributed by atoms with E-state index in [9.17, 15) is 5.11 Å². The third-order valence-corrected chi connectivity index (χ3v) is 4.59. The number of benzene rings is 1. The summed E-state index contributed by atoms with van der Waals surface area (Å²) in [4.78, 5) is 0. The zero-order valence-electron chi connectivity index (χ0n) is 12.0. The summed E-state index contributed by atoms with van der Waals surface area (Å²) in [5.41, 5.74) is 0.562. The van der Waals surface area contributed by atoms with Gasteiger partial charge in [0.1, 0.15) is 0 Å². The second-order valence-electron chi connectivity index (χ2n) is 5.33.